The Balaban J connectivity index is 2.10. The Morgan fingerprint density at radius 3 is 2.30 bits per heavy atom. The van der Waals surface area contributed by atoms with Gasteiger partial charge in [-0.1, -0.05) is 32.0 Å². The third-order valence-corrected chi connectivity index (χ3v) is 5.35. The second-order valence-electron chi connectivity index (χ2n) is 6.57. The average molecular weight is 391 g/mol. The van der Waals surface area contributed by atoms with Crippen molar-refractivity contribution in [3.8, 4) is 5.75 Å². The molecule has 0 aliphatic carbocycles. The van der Waals surface area contributed by atoms with Crippen LogP contribution in [0.2, 0.25) is 0 Å². The summed E-state index contributed by atoms with van der Waals surface area (Å²) in [6.07, 6.45) is 1.18. The lowest BCUT2D eigenvalue weighted by Crippen LogP contribution is -2.33. The molecular weight excluding hydrogens is 364 g/mol. The summed E-state index contributed by atoms with van der Waals surface area (Å²) in [7, 11) is -1.97. The van der Waals surface area contributed by atoms with E-state index in [1.165, 1.54) is 4.31 Å². The monoisotopic (exact) mass is 390 g/mol. The summed E-state index contributed by atoms with van der Waals surface area (Å²) in [4.78, 5) is 12.4. The molecule has 1 N–H and O–H groups in total. The van der Waals surface area contributed by atoms with Crippen molar-refractivity contribution in [2.24, 2.45) is 0 Å². The molecule has 0 aliphatic rings. The van der Waals surface area contributed by atoms with Crippen LogP contribution in [0.3, 0.4) is 0 Å². The molecule has 1 amide bonds. The second-order valence-corrected chi connectivity index (χ2v) is 8.48. The van der Waals surface area contributed by atoms with E-state index in [1.807, 2.05) is 24.3 Å². The van der Waals surface area contributed by atoms with Crippen molar-refractivity contribution in [1.29, 1.82) is 0 Å². The SMILES string of the molecule is COc1ccc(N(CCC(=O)Nc2ccccc2C(C)C)S(C)(=O)=O)cc1. The molecule has 0 unspecified atom stereocenters. The van der Waals surface area contributed by atoms with Crippen LogP contribution in [0.1, 0.15) is 31.7 Å². The lowest BCUT2D eigenvalue weighted by atomic mass is 10.0. The maximum absolute atomic E-state index is 12.4. The highest BCUT2D eigenvalue weighted by Gasteiger charge is 2.19. The zero-order valence-electron chi connectivity index (χ0n) is 16.1. The molecule has 0 atom stereocenters. The summed E-state index contributed by atoms with van der Waals surface area (Å²) in [6.45, 7) is 4.17. The quantitative estimate of drug-likeness (QED) is 0.747. The van der Waals surface area contributed by atoms with Crippen LogP contribution in [0.5, 0.6) is 5.75 Å². The predicted molar refractivity (Wildman–Crippen MR) is 109 cm³/mol. The van der Waals surface area contributed by atoms with Gasteiger partial charge in [0, 0.05) is 18.7 Å². The Bertz CT molecular complexity index is 877. The van der Waals surface area contributed by atoms with Crippen molar-refractivity contribution in [3.63, 3.8) is 0 Å². The molecular formula is C20H26N2O4S. The number of hydrogen-bond acceptors (Lipinski definition) is 4. The van der Waals surface area contributed by atoms with Gasteiger partial charge in [0.1, 0.15) is 5.75 Å². The fraction of sp³-hybridized carbons (Fsp3) is 0.350. The number of rotatable bonds is 8. The van der Waals surface area contributed by atoms with Crippen LogP contribution in [0.25, 0.3) is 0 Å². The topological polar surface area (TPSA) is 75.7 Å². The number of ether oxygens (including phenoxy) is 1. The molecule has 0 spiro atoms. The van der Waals surface area contributed by atoms with Crippen molar-refractivity contribution < 1.29 is 17.9 Å². The molecule has 2 rings (SSSR count). The molecule has 146 valence electrons. The standard InChI is InChI=1S/C20H26N2O4S/c1-15(2)18-7-5-6-8-19(18)21-20(23)13-14-22(27(4,24)25)16-9-11-17(26-3)12-10-16/h5-12,15H,13-14H2,1-4H3,(H,21,23). The Hall–Kier alpha value is -2.54. The minimum atomic E-state index is -3.52. The van der Waals surface area contributed by atoms with Gasteiger partial charge < -0.3 is 10.1 Å². The number of amides is 1. The van der Waals surface area contributed by atoms with Gasteiger partial charge in [0.25, 0.3) is 0 Å². The summed E-state index contributed by atoms with van der Waals surface area (Å²) in [5.41, 5.74) is 2.29. The molecule has 6 nitrogen and oxygen atoms in total. The van der Waals surface area contributed by atoms with Crippen LogP contribution in [0.4, 0.5) is 11.4 Å². The molecule has 0 saturated carbocycles. The number of carbonyl (C=O) groups is 1. The molecule has 2 aromatic rings. The van der Waals surface area contributed by atoms with Crippen molar-refractivity contribution in [2.45, 2.75) is 26.2 Å². The Kier molecular flexibility index (Phi) is 6.85. The fourth-order valence-corrected chi connectivity index (χ4v) is 3.69. The first-order valence-corrected chi connectivity index (χ1v) is 10.6. The molecule has 0 saturated heterocycles. The van der Waals surface area contributed by atoms with Crippen molar-refractivity contribution in [1.82, 2.24) is 0 Å². The zero-order chi connectivity index (χ0) is 20.0. The first-order valence-electron chi connectivity index (χ1n) is 8.73. The van der Waals surface area contributed by atoms with Gasteiger partial charge in [-0.3, -0.25) is 9.10 Å². The number of anilines is 2. The van der Waals surface area contributed by atoms with Gasteiger partial charge in [0.2, 0.25) is 15.9 Å². The van der Waals surface area contributed by atoms with E-state index in [0.29, 0.717) is 11.4 Å². The van der Waals surface area contributed by atoms with Gasteiger partial charge in [0.15, 0.2) is 0 Å². The van der Waals surface area contributed by atoms with Crippen LogP contribution in [-0.4, -0.2) is 34.2 Å². The number of hydrogen-bond donors (Lipinski definition) is 1. The van der Waals surface area contributed by atoms with E-state index in [4.69, 9.17) is 4.74 Å². The lowest BCUT2D eigenvalue weighted by Gasteiger charge is -2.22. The van der Waals surface area contributed by atoms with Crippen LogP contribution in [0.15, 0.2) is 48.5 Å². The number of para-hydroxylation sites is 1. The number of benzene rings is 2. The highest BCUT2D eigenvalue weighted by atomic mass is 32.2. The van der Waals surface area contributed by atoms with E-state index in [-0.39, 0.29) is 24.8 Å². The van der Waals surface area contributed by atoms with Gasteiger partial charge >= 0.3 is 0 Å². The fourth-order valence-electron chi connectivity index (χ4n) is 2.76. The number of nitrogens with one attached hydrogen (secondary N) is 1. The molecule has 0 heterocycles. The van der Waals surface area contributed by atoms with Gasteiger partial charge in [-0.25, -0.2) is 8.42 Å². The highest BCUT2D eigenvalue weighted by Crippen LogP contribution is 2.24. The van der Waals surface area contributed by atoms with Crippen LogP contribution in [0, 0.1) is 0 Å². The minimum absolute atomic E-state index is 0.0472. The average Bonchev–Trinajstić information content (AvgIpc) is 2.61. The second kappa shape index (κ2) is 8.90. The van der Waals surface area contributed by atoms with Gasteiger partial charge in [-0.15, -0.1) is 0 Å². The number of nitrogens with zero attached hydrogens (tertiary/aromatic N) is 1. The van der Waals surface area contributed by atoms with E-state index >= 15 is 0 Å². The van der Waals surface area contributed by atoms with Crippen LogP contribution in [-0.2, 0) is 14.8 Å². The van der Waals surface area contributed by atoms with E-state index in [9.17, 15) is 13.2 Å². The third-order valence-electron chi connectivity index (χ3n) is 4.16. The summed E-state index contributed by atoms with van der Waals surface area (Å²) < 4.78 is 30.6. The minimum Gasteiger partial charge on any atom is -0.497 e. The zero-order valence-corrected chi connectivity index (χ0v) is 16.9. The highest BCUT2D eigenvalue weighted by molar-refractivity contribution is 7.92. The van der Waals surface area contributed by atoms with Gasteiger partial charge in [-0.2, -0.15) is 0 Å². The first-order chi connectivity index (χ1) is 12.7. The number of methoxy groups -OCH3 is 1. The van der Waals surface area contributed by atoms with E-state index < -0.39 is 10.0 Å². The van der Waals surface area contributed by atoms with Crippen molar-refractivity contribution in [2.75, 3.05) is 29.5 Å². The molecule has 7 heteroatoms. The van der Waals surface area contributed by atoms with Crippen molar-refractivity contribution >= 4 is 27.3 Å². The Morgan fingerprint density at radius 2 is 1.74 bits per heavy atom. The van der Waals surface area contributed by atoms with Crippen molar-refractivity contribution in [3.05, 3.63) is 54.1 Å². The smallest absolute Gasteiger partial charge is 0.232 e. The summed E-state index contributed by atoms with van der Waals surface area (Å²) >= 11 is 0. The third kappa shape index (κ3) is 5.72. The molecule has 27 heavy (non-hydrogen) atoms. The first kappa shape index (κ1) is 20.8. The molecule has 0 bridgehead atoms. The molecule has 2 aromatic carbocycles. The Labute approximate surface area is 161 Å². The van der Waals surface area contributed by atoms with E-state index in [2.05, 4.69) is 19.2 Å². The predicted octanol–water partition coefficient (Wildman–Crippen LogP) is 3.61. The molecule has 0 aromatic heterocycles. The molecule has 0 fully saturated rings. The van der Waals surface area contributed by atoms with Crippen LogP contribution >= 0.6 is 0 Å². The normalized spacial score (nSPS) is 11.3. The van der Waals surface area contributed by atoms with Gasteiger partial charge in [-0.05, 0) is 41.8 Å². The molecule has 0 radical (unpaired) electrons. The lowest BCUT2D eigenvalue weighted by molar-refractivity contribution is -0.116. The Morgan fingerprint density at radius 1 is 1.11 bits per heavy atom. The number of sulfonamides is 1. The maximum atomic E-state index is 12.4. The summed E-state index contributed by atoms with van der Waals surface area (Å²) in [6, 6.07) is 14.3. The van der Waals surface area contributed by atoms with E-state index in [0.717, 1.165) is 17.5 Å². The summed E-state index contributed by atoms with van der Waals surface area (Å²) in [5, 5.41) is 2.89. The van der Waals surface area contributed by atoms with Gasteiger partial charge in [0.05, 0.1) is 19.1 Å². The summed E-state index contributed by atoms with van der Waals surface area (Å²) in [5.74, 6) is 0.675. The van der Waals surface area contributed by atoms with Crippen LogP contribution < -0.4 is 14.4 Å². The number of carbonyl (C=O) groups excluding carboxylic acids is 1. The largest absolute Gasteiger partial charge is 0.497 e. The van der Waals surface area contributed by atoms with E-state index in [1.54, 1.807) is 31.4 Å². The molecule has 0 aliphatic heterocycles. The maximum Gasteiger partial charge on any atom is 0.232 e.